The van der Waals surface area contributed by atoms with Crippen LogP contribution in [0.2, 0.25) is 0 Å². The number of amides is 3. The van der Waals surface area contributed by atoms with Crippen LogP contribution in [0.15, 0.2) is 35.3 Å². The molecule has 3 saturated heterocycles. The van der Waals surface area contributed by atoms with Crippen molar-refractivity contribution < 1.29 is 14.3 Å². The summed E-state index contributed by atoms with van der Waals surface area (Å²) in [5, 5.41) is 5.81. The lowest BCUT2D eigenvalue weighted by molar-refractivity contribution is -0.124. The van der Waals surface area contributed by atoms with Crippen LogP contribution in [0.1, 0.15) is 5.56 Å². The maximum Gasteiger partial charge on any atom is 0.324 e. The molecule has 164 valence electrons. The second-order valence-corrected chi connectivity index (χ2v) is 7.52. The smallest absolute Gasteiger partial charge is 0.324 e. The number of hydrogen-bond acceptors (Lipinski definition) is 5. The van der Waals surface area contributed by atoms with E-state index in [4.69, 9.17) is 4.74 Å². The molecule has 30 heavy (non-hydrogen) atoms. The van der Waals surface area contributed by atoms with E-state index in [2.05, 4.69) is 49.7 Å². The van der Waals surface area contributed by atoms with Gasteiger partial charge in [-0.3, -0.25) is 19.6 Å². The second kappa shape index (κ2) is 10.4. The van der Waals surface area contributed by atoms with E-state index < -0.39 is 0 Å². The lowest BCUT2D eigenvalue weighted by Gasteiger charge is -2.36. The van der Waals surface area contributed by atoms with Crippen molar-refractivity contribution in [2.24, 2.45) is 4.99 Å². The molecule has 3 aliphatic heterocycles. The van der Waals surface area contributed by atoms with Gasteiger partial charge in [0.05, 0.1) is 25.3 Å². The standard InChI is InChI=1S/C20H28N6O3.HI/c1-21-19(22-7-8-26-18(27)11-23-20(26)28)25-13-16-17(14-25)29-10-9-24(16)12-15-5-3-2-4-6-15;/h2-6,16-17H,7-14H2,1H3,(H,21,22)(H,23,28);1H. The Morgan fingerprint density at radius 1 is 1.27 bits per heavy atom. The predicted octanol–water partition coefficient (Wildman–Crippen LogP) is 0.317. The van der Waals surface area contributed by atoms with Crippen molar-refractivity contribution in [2.45, 2.75) is 18.7 Å². The van der Waals surface area contributed by atoms with Crippen molar-refractivity contribution in [3.8, 4) is 0 Å². The third-order valence-electron chi connectivity index (χ3n) is 5.71. The number of nitrogens with zero attached hydrogens (tertiary/aromatic N) is 4. The van der Waals surface area contributed by atoms with E-state index in [-0.39, 0.29) is 48.6 Å². The zero-order chi connectivity index (χ0) is 20.2. The topological polar surface area (TPSA) is 89.5 Å². The molecule has 0 spiro atoms. The SMILES string of the molecule is CN=C(NCCN1C(=O)CNC1=O)N1CC2OCCN(Cc3ccccc3)C2C1.I. The molecule has 3 amide bonds. The van der Waals surface area contributed by atoms with Gasteiger partial charge in [0.25, 0.3) is 0 Å². The number of aliphatic imine (C=N–C) groups is 1. The quantitative estimate of drug-likeness (QED) is 0.248. The fraction of sp³-hybridized carbons (Fsp3) is 0.550. The molecule has 2 unspecified atom stereocenters. The van der Waals surface area contributed by atoms with Crippen LogP contribution in [0.25, 0.3) is 0 Å². The first-order chi connectivity index (χ1) is 14.2. The van der Waals surface area contributed by atoms with Gasteiger partial charge in [0.15, 0.2) is 5.96 Å². The first kappa shape index (κ1) is 22.8. The Bertz CT molecular complexity index is 761. The summed E-state index contributed by atoms with van der Waals surface area (Å²) >= 11 is 0. The van der Waals surface area contributed by atoms with Crippen LogP contribution >= 0.6 is 24.0 Å². The number of imide groups is 1. The number of fused-ring (bicyclic) bond motifs is 1. The second-order valence-electron chi connectivity index (χ2n) is 7.52. The molecular weight excluding hydrogens is 499 g/mol. The minimum Gasteiger partial charge on any atom is -0.373 e. The Hall–Kier alpha value is -1.92. The summed E-state index contributed by atoms with van der Waals surface area (Å²) < 4.78 is 6.04. The molecule has 3 aliphatic rings. The normalized spacial score (nSPS) is 24.5. The summed E-state index contributed by atoms with van der Waals surface area (Å²) in [5.41, 5.74) is 1.31. The minimum atomic E-state index is -0.330. The summed E-state index contributed by atoms with van der Waals surface area (Å²) in [6, 6.07) is 10.5. The Morgan fingerprint density at radius 2 is 2.07 bits per heavy atom. The highest BCUT2D eigenvalue weighted by atomic mass is 127. The molecule has 9 nitrogen and oxygen atoms in total. The number of carbonyl (C=O) groups is 2. The highest BCUT2D eigenvalue weighted by Crippen LogP contribution is 2.24. The first-order valence-corrected chi connectivity index (χ1v) is 10.1. The maximum absolute atomic E-state index is 11.7. The van der Waals surface area contributed by atoms with Crippen LogP contribution in [-0.2, 0) is 16.1 Å². The first-order valence-electron chi connectivity index (χ1n) is 10.1. The van der Waals surface area contributed by atoms with Crippen LogP contribution in [-0.4, -0.2) is 97.7 Å². The summed E-state index contributed by atoms with van der Waals surface area (Å²) in [4.78, 5) is 33.7. The van der Waals surface area contributed by atoms with Crippen molar-refractivity contribution in [1.82, 2.24) is 25.3 Å². The number of nitrogens with one attached hydrogen (secondary N) is 2. The predicted molar refractivity (Wildman–Crippen MR) is 124 cm³/mol. The molecule has 0 bridgehead atoms. The molecule has 1 aromatic carbocycles. The van der Waals surface area contributed by atoms with Gasteiger partial charge in [-0.25, -0.2) is 4.79 Å². The molecule has 0 aromatic heterocycles. The molecule has 1 aromatic rings. The zero-order valence-electron chi connectivity index (χ0n) is 17.1. The van der Waals surface area contributed by atoms with Gasteiger partial charge in [-0.1, -0.05) is 30.3 Å². The number of rotatable bonds is 5. The molecule has 4 rings (SSSR count). The third-order valence-corrected chi connectivity index (χ3v) is 5.71. The van der Waals surface area contributed by atoms with Crippen molar-refractivity contribution in [3.05, 3.63) is 35.9 Å². The Kier molecular flexibility index (Phi) is 7.89. The molecule has 2 atom stereocenters. The number of halogens is 1. The lowest BCUT2D eigenvalue weighted by Crippen LogP contribution is -2.50. The van der Waals surface area contributed by atoms with E-state index in [9.17, 15) is 9.59 Å². The van der Waals surface area contributed by atoms with Gasteiger partial charge in [-0.05, 0) is 5.56 Å². The highest BCUT2D eigenvalue weighted by molar-refractivity contribution is 14.0. The number of likely N-dealkylation sites (tertiary alicyclic amines) is 1. The van der Waals surface area contributed by atoms with Crippen LogP contribution in [0, 0.1) is 0 Å². The largest absolute Gasteiger partial charge is 0.373 e. The molecule has 3 fully saturated rings. The van der Waals surface area contributed by atoms with Gasteiger partial charge in [-0.2, -0.15) is 0 Å². The van der Waals surface area contributed by atoms with Crippen LogP contribution < -0.4 is 10.6 Å². The average molecular weight is 528 g/mol. The summed E-state index contributed by atoms with van der Waals surface area (Å²) in [6.07, 6.45) is 0.150. The van der Waals surface area contributed by atoms with Crippen molar-refractivity contribution in [1.29, 1.82) is 0 Å². The number of guanidine groups is 1. The molecule has 0 aliphatic carbocycles. The molecular formula is C20H29IN6O3. The van der Waals surface area contributed by atoms with Crippen LogP contribution in [0.3, 0.4) is 0 Å². The maximum atomic E-state index is 11.7. The number of carbonyl (C=O) groups excluding carboxylic acids is 2. The van der Waals surface area contributed by atoms with Gasteiger partial charge in [-0.15, -0.1) is 24.0 Å². The summed E-state index contributed by atoms with van der Waals surface area (Å²) in [6.45, 7) is 5.05. The van der Waals surface area contributed by atoms with E-state index in [0.29, 0.717) is 19.1 Å². The van der Waals surface area contributed by atoms with Gasteiger partial charge >= 0.3 is 6.03 Å². The number of urea groups is 1. The molecule has 3 heterocycles. The minimum absolute atomic E-state index is 0. The van der Waals surface area contributed by atoms with E-state index in [0.717, 1.165) is 38.7 Å². The lowest BCUT2D eigenvalue weighted by atomic mass is 10.1. The number of benzene rings is 1. The average Bonchev–Trinajstić information content (AvgIpc) is 3.31. The monoisotopic (exact) mass is 528 g/mol. The fourth-order valence-corrected chi connectivity index (χ4v) is 4.24. The van der Waals surface area contributed by atoms with E-state index >= 15 is 0 Å². The zero-order valence-corrected chi connectivity index (χ0v) is 19.5. The van der Waals surface area contributed by atoms with Crippen molar-refractivity contribution in [2.75, 3.05) is 52.9 Å². The van der Waals surface area contributed by atoms with Crippen molar-refractivity contribution >= 4 is 41.9 Å². The third kappa shape index (κ3) is 5.03. The van der Waals surface area contributed by atoms with Gasteiger partial charge in [0, 0.05) is 46.3 Å². The number of morpholine rings is 1. The Labute approximate surface area is 193 Å². The van der Waals surface area contributed by atoms with E-state index in [1.165, 1.54) is 10.5 Å². The Balaban J connectivity index is 0.00000256. The number of hydrogen-bond donors (Lipinski definition) is 2. The molecule has 10 heteroatoms. The number of ether oxygens (including phenoxy) is 1. The molecule has 0 radical (unpaired) electrons. The van der Waals surface area contributed by atoms with Crippen LogP contribution in [0.4, 0.5) is 4.79 Å². The van der Waals surface area contributed by atoms with E-state index in [1.807, 2.05) is 6.07 Å². The van der Waals surface area contributed by atoms with Crippen molar-refractivity contribution in [3.63, 3.8) is 0 Å². The highest BCUT2D eigenvalue weighted by Gasteiger charge is 2.41. The van der Waals surface area contributed by atoms with Crippen LogP contribution in [0.5, 0.6) is 0 Å². The fourth-order valence-electron chi connectivity index (χ4n) is 4.24. The molecule has 2 N–H and O–H groups in total. The molecule has 0 saturated carbocycles. The summed E-state index contributed by atoms with van der Waals surface area (Å²) in [7, 11) is 1.75. The summed E-state index contributed by atoms with van der Waals surface area (Å²) in [5.74, 6) is 0.582. The van der Waals surface area contributed by atoms with Gasteiger partial charge < -0.3 is 20.3 Å². The Morgan fingerprint density at radius 3 is 2.77 bits per heavy atom. The van der Waals surface area contributed by atoms with Gasteiger partial charge in [0.1, 0.15) is 0 Å². The van der Waals surface area contributed by atoms with Gasteiger partial charge in [0.2, 0.25) is 5.91 Å². The van der Waals surface area contributed by atoms with E-state index in [1.54, 1.807) is 7.05 Å².